The number of halogens is 1. The second kappa shape index (κ2) is 5.88. The van der Waals surface area contributed by atoms with Crippen LogP contribution in [0.3, 0.4) is 0 Å². The smallest absolute Gasteiger partial charge is 0.263 e. The summed E-state index contributed by atoms with van der Waals surface area (Å²) in [6, 6.07) is 9.61. The molecule has 0 bridgehead atoms. The van der Waals surface area contributed by atoms with Crippen LogP contribution in [0.25, 0.3) is 0 Å². The van der Waals surface area contributed by atoms with Crippen molar-refractivity contribution in [2.45, 2.75) is 16.7 Å². The zero-order valence-electron chi connectivity index (χ0n) is 11.4. The lowest BCUT2D eigenvalue weighted by Crippen LogP contribution is -2.14. The van der Waals surface area contributed by atoms with Crippen LogP contribution in [0.1, 0.15) is 5.56 Å². The van der Waals surface area contributed by atoms with E-state index in [1.54, 1.807) is 19.1 Å². The number of primary sulfonamides is 1. The summed E-state index contributed by atoms with van der Waals surface area (Å²) in [5.41, 5.74) is 1.03. The summed E-state index contributed by atoms with van der Waals surface area (Å²) in [5.74, 6) is 0. The molecule has 0 radical (unpaired) electrons. The van der Waals surface area contributed by atoms with E-state index in [2.05, 4.69) is 4.72 Å². The third-order valence-electron chi connectivity index (χ3n) is 2.81. The van der Waals surface area contributed by atoms with Gasteiger partial charge in [-0.2, -0.15) is 0 Å². The lowest BCUT2D eigenvalue weighted by atomic mass is 10.2. The van der Waals surface area contributed by atoms with Crippen LogP contribution in [-0.2, 0) is 20.0 Å². The second-order valence-electron chi connectivity index (χ2n) is 4.61. The molecular weight excluding hydrogens is 348 g/mol. The Hall–Kier alpha value is -1.61. The van der Waals surface area contributed by atoms with Crippen LogP contribution in [-0.4, -0.2) is 16.8 Å². The molecule has 2 aromatic rings. The highest BCUT2D eigenvalue weighted by Gasteiger charge is 2.18. The molecule has 0 aromatic heterocycles. The molecule has 0 amide bonds. The molecule has 0 heterocycles. The minimum absolute atomic E-state index is 0.0599. The van der Waals surface area contributed by atoms with E-state index < -0.39 is 20.0 Å². The van der Waals surface area contributed by atoms with Gasteiger partial charge in [0.1, 0.15) is 4.90 Å². The molecule has 0 atom stereocenters. The largest absolute Gasteiger partial charge is 0.280 e. The van der Waals surface area contributed by atoms with Crippen molar-refractivity contribution in [2.24, 2.45) is 5.14 Å². The van der Waals surface area contributed by atoms with Crippen molar-refractivity contribution in [1.82, 2.24) is 0 Å². The number of benzene rings is 2. The highest BCUT2D eigenvalue weighted by molar-refractivity contribution is 7.92. The van der Waals surface area contributed by atoms with Crippen LogP contribution in [0.5, 0.6) is 0 Å². The Labute approximate surface area is 134 Å². The molecule has 22 heavy (non-hydrogen) atoms. The highest BCUT2D eigenvalue weighted by atomic mass is 35.5. The Kier molecular flexibility index (Phi) is 4.48. The lowest BCUT2D eigenvalue weighted by Gasteiger charge is -2.10. The summed E-state index contributed by atoms with van der Waals surface area (Å²) < 4.78 is 49.2. The Morgan fingerprint density at radius 2 is 1.59 bits per heavy atom. The molecule has 0 aliphatic carbocycles. The lowest BCUT2D eigenvalue weighted by molar-refractivity contribution is 0.597. The SMILES string of the molecule is Cc1ccc(S(=O)(=O)Nc2ccc(S(N)(=O)=O)cc2)c(Cl)c1. The fraction of sp³-hybridized carbons (Fsp3) is 0.0769. The van der Waals surface area contributed by atoms with Gasteiger partial charge in [-0.1, -0.05) is 17.7 Å². The number of hydrogen-bond donors (Lipinski definition) is 2. The van der Waals surface area contributed by atoms with Crippen molar-refractivity contribution in [3.63, 3.8) is 0 Å². The van der Waals surface area contributed by atoms with Crippen LogP contribution in [0.4, 0.5) is 5.69 Å². The van der Waals surface area contributed by atoms with Crippen molar-refractivity contribution in [3.8, 4) is 0 Å². The first-order valence-electron chi connectivity index (χ1n) is 6.01. The molecule has 2 aromatic carbocycles. The molecule has 0 saturated carbocycles. The number of rotatable bonds is 4. The number of aryl methyl sites for hydroxylation is 1. The Bertz CT molecular complexity index is 908. The van der Waals surface area contributed by atoms with E-state index in [1.807, 2.05) is 0 Å². The maximum Gasteiger partial charge on any atom is 0.263 e. The van der Waals surface area contributed by atoms with Gasteiger partial charge in [-0.3, -0.25) is 4.72 Å². The van der Waals surface area contributed by atoms with E-state index >= 15 is 0 Å². The number of sulfonamides is 2. The maximum absolute atomic E-state index is 12.3. The zero-order chi connectivity index (χ0) is 16.5. The van der Waals surface area contributed by atoms with Crippen LogP contribution < -0.4 is 9.86 Å². The summed E-state index contributed by atoms with van der Waals surface area (Å²) in [7, 11) is -7.70. The van der Waals surface area contributed by atoms with Crippen LogP contribution >= 0.6 is 11.6 Å². The first-order valence-corrected chi connectivity index (χ1v) is 9.42. The fourth-order valence-corrected chi connectivity index (χ4v) is 3.92. The molecule has 0 fully saturated rings. The Morgan fingerprint density at radius 1 is 1.00 bits per heavy atom. The van der Waals surface area contributed by atoms with Crippen LogP contribution in [0.2, 0.25) is 5.02 Å². The van der Waals surface area contributed by atoms with E-state index in [0.29, 0.717) is 0 Å². The average Bonchev–Trinajstić information content (AvgIpc) is 2.37. The van der Waals surface area contributed by atoms with E-state index in [1.165, 1.54) is 30.3 Å². The van der Waals surface area contributed by atoms with Gasteiger partial charge in [-0.25, -0.2) is 22.0 Å². The maximum atomic E-state index is 12.3. The Balaban J connectivity index is 2.33. The molecule has 0 unspecified atom stereocenters. The molecule has 118 valence electrons. The summed E-state index contributed by atoms with van der Waals surface area (Å²) >= 11 is 5.95. The zero-order valence-corrected chi connectivity index (χ0v) is 13.8. The number of nitrogens with two attached hydrogens (primary N) is 1. The van der Waals surface area contributed by atoms with E-state index in [9.17, 15) is 16.8 Å². The summed E-state index contributed by atoms with van der Waals surface area (Å²) in [4.78, 5) is -0.167. The third-order valence-corrected chi connectivity index (χ3v) is 5.61. The monoisotopic (exact) mass is 360 g/mol. The normalized spacial score (nSPS) is 12.1. The predicted molar refractivity (Wildman–Crippen MR) is 84.8 cm³/mol. The van der Waals surface area contributed by atoms with Gasteiger partial charge in [0.15, 0.2) is 0 Å². The minimum Gasteiger partial charge on any atom is -0.280 e. The summed E-state index contributed by atoms with van der Waals surface area (Å²) in [6.45, 7) is 1.79. The fourth-order valence-electron chi connectivity index (χ4n) is 1.75. The van der Waals surface area contributed by atoms with Gasteiger partial charge in [0.2, 0.25) is 10.0 Å². The molecule has 0 aliphatic rings. The topological polar surface area (TPSA) is 106 Å². The van der Waals surface area contributed by atoms with Gasteiger partial charge >= 0.3 is 0 Å². The molecule has 2 rings (SSSR count). The standard InChI is InChI=1S/C13H13ClN2O4S2/c1-9-2-7-13(12(14)8-9)22(19,20)16-10-3-5-11(6-4-10)21(15,17)18/h2-8,16H,1H3,(H2,15,17,18). The first-order chi connectivity index (χ1) is 10.1. The van der Waals surface area contributed by atoms with Crippen molar-refractivity contribution >= 4 is 37.3 Å². The molecule has 0 aliphatic heterocycles. The van der Waals surface area contributed by atoms with Crippen molar-refractivity contribution in [3.05, 3.63) is 53.1 Å². The van der Waals surface area contributed by atoms with Gasteiger partial charge < -0.3 is 0 Å². The number of anilines is 1. The van der Waals surface area contributed by atoms with Crippen molar-refractivity contribution < 1.29 is 16.8 Å². The number of hydrogen-bond acceptors (Lipinski definition) is 4. The van der Waals surface area contributed by atoms with Gasteiger partial charge in [0.25, 0.3) is 10.0 Å². The molecule has 0 saturated heterocycles. The van der Waals surface area contributed by atoms with Crippen LogP contribution in [0, 0.1) is 6.92 Å². The average molecular weight is 361 g/mol. The predicted octanol–water partition coefficient (Wildman–Crippen LogP) is 2.10. The van der Waals surface area contributed by atoms with E-state index in [-0.39, 0.29) is 20.5 Å². The Morgan fingerprint density at radius 3 is 2.09 bits per heavy atom. The van der Waals surface area contributed by atoms with Gasteiger partial charge in [0, 0.05) is 5.69 Å². The number of nitrogens with one attached hydrogen (secondary N) is 1. The molecule has 0 spiro atoms. The molecule has 3 N–H and O–H groups in total. The second-order valence-corrected chi connectivity index (χ2v) is 8.23. The van der Waals surface area contributed by atoms with Gasteiger partial charge in [-0.05, 0) is 48.9 Å². The summed E-state index contributed by atoms with van der Waals surface area (Å²) in [5, 5.41) is 5.08. The molecule has 9 heteroatoms. The van der Waals surface area contributed by atoms with Gasteiger partial charge in [0.05, 0.1) is 9.92 Å². The van der Waals surface area contributed by atoms with Crippen LogP contribution in [0.15, 0.2) is 52.3 Å². The van der Waals surface area contributed by atoms with Crippen molar-refractivity contribution in [2.75, 3.05) is 4.72 Å². The third kappa shape index (κ3) is 3.77. The first kappa shape index (κ1) is 16.8. The van der Waals surface area contributed by atoms with E-state index in [0.717, 1.165) is 5.56 Å². The van der Waals surface area contributed by atoms with Gasteiger partial charge in [-0.15, -0.1) is 0 Å². The quantitative estimate of drug-likeness (QED) is 0.870. The molecule has 6 nitrogen and oxygen atoms in total. The molecular formula is C13H13ClN2O4S2. The minimum atomic E-state index is -3.87. The summed E-state index contributed by atoms with van der Waals surface area (Å²) in [6.07, 6.45) is 0. The highest BCUT2D eigenvalue weighted by Crippen LogP contribution is 2.25. The van der Waals surface area contributed by atoms with E-state index in [4.69, 9.17) is 16.7 Å². The van der Waals surface area contributed by atoms with Crippen molar-refractivity contribution in [1.29, 1.82) is 0 Å².